The molecular weight excluding hydrogens is 244 g/mol. The lowest BCUT2D eigenvalue weighted by Gasteiger charge is -2.04. The van der Waals surface area contributed by atoms with E-state index in [0.29, 0.717) is 6.04 Å². The largest absolute Gasteiger partial charge is 0.293 e. The molecular formula is C18H18N2. The summed E-state index contributed by atoms with van der Waals surface area (Å²) >= 11 is 0. The first-order valence-electron chi connectivity index (χ1n) is 7.15. The summed E-state index contributed by atoms with van der Waals surface area (Å²) in [5.74, 6) is 0. The van der Waals surface area contributed by atoms with Crippen molar-refractivity contribution in [2.24, 2.45) is 0 Å². The monoisotopic (exact) mass is 262 g/mol. The van der Waals surface area contributed by atoms with Gasteiger partial charge in [0.05, 0.1) is 11.6 Å². The maximum atomic E-state index is 8.77. The molecule has 0 N–H and O–H groups in total. The molecule has 1 heterocycles. The van der Waals surface area contributed by atoms with E-state index < -0.39 is 0 Å². The second-order valence-corrected chi connectivity index (χ2v) is 5.33. The van der Waals surface area contributed by atoms with E-state index in [4.69, 9.17) is 5.26 Å². The Morgan fingerprint density at radius 3 is 2.50 bits per heavy atom. The molecule has 1 aliphatic rings. The molecule has 2 aromatic rings. The van der Waals surface area contributed by atoms with Crippen molar-refractivity contribution in [3.63, 3.8) is 0 Å². The Labute approximate surface area is 120 Å². The van der Waals surface area contributed by atoms with E-state index in [9.17, 15) is 0 Å². The highest BCUT2D eigenvalue weighted by Gasteiger charge is 2.33. The zero-order chi connectivity index (χ0) is 13.8. The van der Waals surface area contributed by atoms with Crippen LogP contribution in [-0.2, 0) is 6.42 Å². The van der Waals surface area contributed by atoms with Gasteiger partial charge >= 0.3 is 0 Å². The van der Waals surface area contributed by atoms with Crippen molar-refractivity contribution in [3.05, 3.63) is 71.3 Å². The minimum atomic E-state index is 0.636. The van der Waals surface area contributed by atoms with Crippen LogP contribution < -0.4 is 0 Å². The molecule has 0 aromatic heterocycles. The van der Waals surface area contributed by atoms with E-state index in [1.165, 1.54) is 24.1 Å². The molecule has 20 heavy (non-hydrogen) atoms. The highest BCUT2D eigenvalue weighted by atomic mass is 15.3. The van der Waals surface area contributed by atoms with Gasteiger partial charge in [-0.1, -0.05) is 42.5 Å². The molecule has 100 valence electrons. The molecule has 2 nitrogen and oxygen atoms in total. The summed E-state index contributed by atoms with van der Waals surface area (Å²) in [5.41, 5.74) is 3.50. The van der Waals surface area contributed by atoms with E-state index in [2.05, 4.69) is 53.4 Å². The number of hydrogen-bond donors (Lipinski definition) is 0. The average Bonchev–Trinajstić information content (AvgIpc) is 3.28. The van der Waals surface area contributed by atoms with Crippen molar-refractivity contribution in [2.75, 3.05) is 13.1 Å². The molecule has 0 aliphatic carbocycles. The lowest BCUT2D eigenvalue weighted by Crippen LogP contribution is -2.02. The van der Waals surface area contributed by atoms with Gasteiger partial charge in [0.25, 0.3) is 0 Å². The van der Waals surface area contributed by atoms with Crippen molar-refractivity contribution in [1.29, 1.82) is 5.26 Å². The summed E-state index contributed by atoms with van der Waals surface area (Å²) in [6.45, 7) is 2.34. The van der Waals surface area contributed by atoms with Gasteiger partial charge in [-0.15, -0.1) is 0 Å². The SMILES string of the molecule is N#Cc1ccc(CCCN2CC2c2ccccc2)cc1. The summed E-state index contributed by atoms with van der Waals surface area (Å²) < 4.78 is 0. The lowest BCUT2D eigenvalue weighted by molar-refractivity contribution is 0.495. The van der Waals surface area contributed by atoms with E-state index in [0.717, 1.165) is 18.5 Å². The lowest BCUT2D eigenvalue weighted by atomic mass is 10.1. The molecule has 0 amide bonds. The van der Waals surface area contributed by atoms with Crippen LogP contribution in [0.5, 0.6) is 0 Å². The predicted molar refractivity (Wildman–Crippen MR) is 80.2 cm³/mol. The van der Waals surface area contributed by atoms with Crippen molar-refractivity contribution in [2.45, 2.75) is 18.9 Å². The van der Waals surface area contributed by atoms with Crippen LogP contribution in [0.1, 0.15) is 29.2 Å². The van der Waals surface area contributed by atoms with Crippen LogP contribution in [0.15, 0.2) is 54.6 Å². The molecule has 0 spiro atoms. The molecule has 0 bridgehead atoms. The van der Waals surface area contributed by atoms with Crippen LogP contribution in [0.4, 0.5) is 0 Å². The van der Waals surface area contributed by atoms with Crippen LogP contribution in [0.3, 0.4) is 0 Å². The maximum absolute atomic E-state index is 8.77. The third-order valence-electron chi connectivity index (χ3n) is 3.89. The quantitative estimate of drug-likeness (QED) is 0.770. The summed E-state index contributed by atoms with van der Waals surface area (Å²) in [5, 5.41) is 8.77. The topological polar surface area (TPSA) is 26.8 Å². The van der Waals surface area contributed by atoms with Gasteiger partial charge < -0.3 is 0 Å². The van der Waals surface area contributed by atoms with Crippen molar-refractivity contribution in [3.8, 4) is 6.07 Å². The maximum Gasteiger partial charge on any atom is 0.0991 e. The number of aryl methyl sites for hydroxylation is 1. The third-order valence-corrected chi connectivity index (χ3v) is 3.89. The average molecular weight is 262 g/mol. The fourth-order valence-electron chi connectivity index (χ4n) is 2.65. The Balaban J connectivity index is 1.44. The molecule has 1 aliphatic heterocycles. The van der Waals surface area contributed by atoms with Crippen LogP contribution in [0, 0.1) is 11.3 Å². The van der Waals surface area contributed by atoms with Gasteiger partial charge in [-0.2, -0.15) is 5.26 Å². The molecule has 1 saturated heterocycles. The number of hydrogen-bond acceptors (Lipinski definition) is 2. The van der Waals surface area contributed by atoms with E-state index in [1.54, 1.807) is 0 Å². The number of benzene rings is 2. The Kier molecular flexibility index (Phi) is 3.80. The molecule has 1 fully saturated rings. The van der Waals surface area contributed by atoms with Gasteiger partial charge in [0.2, 0.25) is 0 Å². The van der Waals surface area contributed by atoms with Gasteiger partial charge in [0.1, 0.15) is 0 Å². The third kappa shape index (κ3) is 3.07. The van der Waals surface area contributed by atoms with Crippen molar-refractivity contribution in [1.82, 2.24) is 4.90 Å². The number of nitriles is 1. The minimum Gasteiger partial charge on any atom is -0.293 e. The standard InChI is InChI=1S/C18H18N2/c19-13-16-10-8-15(9-11-16)5-4-12-20-14-18(20)17-6-2-1-3-7-17/h1-3,6-11,18H,4-5,12,14H2. The van der Waals surface area contributed by atoms with Crippen molar-refractivity contribution >= 4 is 0 Å². The molecule has 3 rings (SSSR count). The summed E-state index contributed by atoms with van der Waals surface area (Å²) in [6.07, 6.45) is 2.26. The summed E-state index contributed by atoms with van der Waals surface area (Å²) in [7, 11) is 0. The molecule has 0 saturated carbocycles. The van der Waals surface area contributed by atoms with Gasteiger partial charge in [0.15, 0.2) is 0 Å². The molecule has 2 heteroatoms. The molecule has 2 atom stereocenters. The predicted octanol–water partition coefficient (Wildman–Crippen LogP) is 3.55. The van der Waals surface area contributed by atoms with E-state index >= 15 is 0 Å². The smallest absolute Gasteiger partial charge is 0.0991 e. The zero-order valence-electron chi connectivity index (χ0n) is 11.5. The molecule has 2 unspecified atom stereocenters. The minimum absolute atomic E-state index is 0.636. The fraction of sp³-hybridized carbons (Fsp3) is 0.278. The Morgan fingerprint density at radius 2 is 1.80 bits per heavy atom. The van der Waals surface area contributed by atoms with E-state index in [1.807, 2.05) is 12.1 Å². The first kappa shape index (κ1) is 12.9. The molecule has 0 radical (unpaired) electrons. The van der Waals surface area contributed by atoms with Gasteiger partial charge in [-0.3, -0.25) is 4.90 Å². The first-order valence-corrected chi connectivity index (χ1v) is 7.15. The first-order chi connectivity index (χ1) is 9.86. The Morgan fingerprint density at radius 1 is 1.05 bits per heavy atom. The van der Waals surface area contributed by atoms with Crippen LogP contribution in [0.25, 0.3) is 0 Å². The van der Waals surface area contributed by atoms with Gasteiger partial charge in [-0.05, 0) is 42.6 Å². The van der Waals surface area contributed by atoms with Gasteiger partial charge in [0, 0.05) is 12.6 Å². The Hall–Kier alpha value is -2.11. The van der Waals surface area contributed by atoms with Crippen molar-refractivity contribution < 1.29 is 0 Å². The van der Waals surface area contributed by atoms with E-state index in [-0.39, 0.29) is 0 Å². The fourth-order valence-corrected chi connectivity index (χ4v) is 2.65. The van der Waals surface area contributed by atoms with Crippen LogP contribution >= 0.6 is 0 Å². The zero-order valence-corrected chi connectivity index (χ0v) is 11.5. The van der Waals surface area contributed by atoms with Gasteiger partial charge in [-0.25, -0.2) is 0 Å². The summed E-state index contributed by atoms with van der Waals surface area (Å²) in [4.78, 5) is 2.51. The number of rotatable bonds is 5. The molecule has 2 aromatic carbocycles. The number of nitrogens with zero attached hydrogens (tertiary/aromatic N) is 2. The second kappa shape index (κ2) is 5.90. The van der Waals surface area contributed by atoms with Crippen LogP contribution in [-0.4, -0.2) is 18.0 Å². The highest BCUT2D eigenvalue weighted by Crippen LogP contribution is 2.34. The van der Waals surface area contributed by atoms with Crippen LogP contribution in [0.2, 0.25) is 0 Å². The second-order valence-electron chi connectivity index (χ2n) is 5.33. The Bertz CT molecular complexity index is 596. The normalized spacial score (nSPS) is 20.4. The summed E-state index contributed by atoms with van der Waals surface area (Å²) in [6, 6.07) is 21.5. The highest BCUT2D eigenvalue weighted by molar-refractivity contribution is 5.31.